The fraction of sp³-hybridized carbons (Fsp3) is 0.667. The molecule has 0 aromatic carbocycles. The highest BCUT2D eigenvalue weighted by Crippen LogP contribution is 2.09. The van der Waals surface area contributed by atoms with E-state index in [9.17, 15) is 13.2 Å². The Morgan fingerprint density at radius 1 is 1.60 bits per heavy atom. The van der Waals surface area contributed by atoms with Gasteiger partial charge in [-0.1, -0.05) is 12.8 Å². The van der Waals surface area contributed by atoms with Crippen LogP contribution in [0.2, 0.25) is 0 Å². The lowest BCUT2D eigenvalue weighted by molar-refractivity contribution is -0.139. The maximum Gasteiger partial charge on any atom is 0.325 e. The maximum atomic E-state index is 11.8. The molecule has 86 valence electrons. The van der Waals surface area contributed by atoms with E-state index >= 15 is 0 Å². The van der Waals surface area contributed by atoms with Crippen LogP contribution in [-0.2, 0) is 19.6 Å². The minimum Gasteiger partial charge on any atom is -0.468 e. The van der Waals surface area contributed by atoms with Crippen molar-refractivity contribution in [2.24, 2.45) is 0 Å². The summed E-state index contributed by atoms with van der Waals surface area (Å²) in [6.07, 6.45) is 5.04. The van der Waals surface area contributed by atoms with Crippen molar-refractivity contribution in [3.63, 3.8) is 0 Å². The molecule has 0 aliphatic heterocycles. The van der Waals surface area contributed by atoms with E-state index in [0.29, 0.717) is 0 Å². The van der Waals surface area contributed by atoms with Crippen LogP contribution < -0.4 is 0 Å². The molecule has 0 aromatic rings. The van der Waals surface area contributed by atoms with Crippen LogP contribution in [0.4, 0.5) is 0 Å². The Balaban J connectivity index is 4.96. The van der Waals surface area contributed by atoms with Crippen molar-refractivity contribution in [2.45, 2.75) is 19.1 Å². The molecule has 0 aliphatic rings. The molecule has 0 aliphatic carbocycles. The Kier molecular flexibility index (Phi) is 5.33. The number of rotatable bonds is 5. The Hall–Kier alpha value is -1.06. The predicted octanol–water partition coefficient (Wildman–Crippen LogP) is -0.167. The van der Waals surface area contributed by atoms with Crippen LogP contribution in [0, 0.1) is 12.3 Å². The molecule has 0 rings (SSSR count). The van der Waals surface area contributed by atoms with E-state index in [4.69, 9.17) is 6.42 Å². The molecule has 6 heteroatoms. The normalized spacial score (nSPS) is 13.3. The minimum absolute atomic E-state index is 0.0415. The highest BCUT2D eigenvalue weighted by atomic mass is 32.2. The molecule has 1 unspecified atom stereocenters. The van der Waals surface area contributed by atoms with Gasteiger partial charge < -0.3 is 4.74 Å². The third kappa shape index (κ3) is 3.22. The smallest absolute Gasteiger partial charge is 0.325 e. The van der Waals surface area contributed by atoms with Crippen molar-refractivity contribution < 1.29 is 17.9 Å². The van der Waals surface area contributed by atoms with Gasteiger partial charge in [-0.2, -0.15) is 4.31 Å². The summed E-state index contributed by atoms with van der Waals surface area (Å²) < 4.78 is 29.0. The molecule has 0 saturated carbocycles. The number of methoxy groups -OCH3 is 1. The van der Waals surface area contributed by atoms with Gasteiger partial charge in [0, 0.05) is 6.54 Å². The molecule has 0 N–H and O–H groups in total. The number of carbonyl (C=O) groups is 1. The molecule has 0 saturated heterocycles. The van der Waals surface area contributed by atoms with Crippen molar-refractivity contribution in [1.29, 1.82) is 0 Å². The fourth-order valence-electron chi connectivity index (χ4n) is 0.995. The first kappa shape index (κ1) is 13.9. The van der Waals surface area contributed by atoms with E-state index in [2.05, 4.69) is 10.7 Å². The molecular formula is C9H15NO4S. The number of sulfonamides is 1. The van der Waals surface area contributed by atoms with Gasteiger partial charge in [0.05, 0.1) is 13.7 Å². The summed E-state index contributed by atoms with van der Waals surface area (Å²) in [5.41, 5.74) is 0. The summed E-state index contributed by atoms with van der Waals surface area (Å²) in [6.45, 7) is 3.12. The summed E-state index contributed by atoms with van der Waals surface area (Å²) >= 11 is 0. The van der Waals surface area contributed by atoms with Crippen LogP contribution >= 0.6 is 0 Å². The van der Waals surface area contributed by atoms with Gasteiger partial charge in [-0.3, -0.25) is 4.79 Å². The number of nitrogens with zero attached hydrogens (tertiary/aromatic N) is 1. The van der Waals surface area contributed by atoms with Crippen molar-refractivity contribution in [3.05, 3.63) is 0 Å². The van der Waals surface area contributed by atoms with Gasteiger partial charge in [0.1, 0.15) is 0 Å². The van der Waals surface area contributed by atoms with Crippen molar-refractivity contribution in [1.82, 2.24) is 4.31 Å². The summed E-state index contributed by atoms with van der Waals surface area (Å²) in [4.78, 5) is 11.1. The molecule has 0 spiro atoms. The average Bonchev–Trinajstić information content (AvgIpc) is 2.23. The predicted molar refractivity (Wildman–Crippen MR) is 56.5 cm³/mol. The molecule has 0 aromatic heterocycles. The monoisotopic (exact) mass is 233 g/mol. The molecule has 0 radical (unpaired) electrons. The summed E-state index contributed by atoms with van der Waals surface area (Å²) in [7, 11) is -2.56. The second kappa shape index (κ2) is 5.73. The second-order valence-electron chi connectivity index (χ2n) is 2.84. The molecule has 5 nitrogen and oxygen atoms in total. The number of hydrogen-bond donors (Lipinski definition) is 0. The zero-order valence-corrected chi connectivity index (χ0v) is 9.87. The van der Waals surface area contributed by atoms with Crippen molar-refractivity contribution in [2.75, 3.05) is 20.2 Å². The number of carbonyl (C=O) groups excluding carboxylic acids is 1. The van der Waals surface area contributed by atoms with Gasteiger partial charge in [0.25, 0.3) is 0 Å². The first-order chi connectivity index (χ1) is 6.91. The Morgan fingerprint density at radius 2 is 2.13 bits per heavy atom. The second-order valence-corrected chi connectivity index (χ2v) is 5.09. The Morgan fingerprint density at radius 3 is 2.47 bits per heavy atom. The summed E-state index contributed by atoms with van der Waals surface area (Å²) in [6, 6.07) is 0. The van der Waals surface area contributed by atoms with Crippen LogP contribution in [0.5, 0.6) is 0 Å². The van der Waals surface area contributed by atoms with E-state index in [0.717, 1.165) is 11.4 Å². The van der Waals surface area contributed by atoms with Crippen LogP contribution in [0.1, 0.15) is 13.8 Å². The lowest BCUT2D eigenvalue weighted by Gasteiger charge is -2.21. The van der Waals surface area contributed by atoms with Gasteiger partial charge in [-0.25, -0.2) is 8.42 Å². The third-order valence-electron chi connectivity index (χ3n) is 1.96. The van der Waals surface area contributed by atoms with Gasteiger partial charge in [0.15, 0.2) is 5.25 Å². The van der Waals surface area contributed by atoms with Crippen LogP contribution in [-0.4, -0.2) is 44.1 Å². The Labute approximate surface area is 90.5 Å². The highest BCUT2D eigenvalue weighted by molar-refractivity contribution is 7.90. The first-order valence-electron chi connectivity index (χ1n) is 4.42. The van der Waals surface area contributed by atoms with Crippen molar-refractivity contribution in [3.8, 4) is 12.3 Å². The lowest BCUT2D eigenvalue weighted by atomic mass is 10.5. The van der Waals surface area contributed by atoms with Crippen LogP contribution in [0.15, 0.2) is 0 Å². The molecule has 0 bridgehead atoms. The van der Waals surface area contributed by atoms with Gasteiger partial charge in [-0.15, -0.1) is 6.42 Å². The average molecular weight is 233 g/mol. The first-order valence-corrected chi connectivity index (χ1v) is 5.92. The molecule has 15 heavy (non-hydrogen) atoms. The van der Waals surface area contributed by atoms with E-state index in [1.807, 2.05) is 0 Å². The van der Waals surface area contributed by atoms with E-state index in [-0.39, 0.29) is 13.1 Å². The fourth-order valence-corrected chi connectivity index (χ4v) is 2.40. The minimum atomic E-state index is -3.71. The molecule has 0 fully saturated rings. The highest BCUT2D eigenvalue weighted by Gasteiger charge is 2.33. The molecule has 0 amide bonds. The quantitative estimate of drug-likeness (QED) is 0.488. The topological polar surface area (TPSA) is 63.7 Å². The van der Waals surface area contributed by atoms with E-state index in [1.54, 1.807) is 6.92 Å². The van der Waals surface area contributed by atoms with E-state index in [1.165, 1.54) is 6.92 Å². The number of ether oxygens (including phenoxy) is 1. The van der Waals surface area contributed by atoms with E-state index < -0.39 is 21.2 Å². The molecule has 0 heterocycles. The van der Waals surface area contributed by atoms with Gasteiger partial charge >= 0.3 is 5.97 Å². The lowest BCUT2D eigenvalue weighted by Crippen LogP contribution is -2.41. The molecule has 1 atom stereocenters. The van der Waals surface area contributed by atoms with Crippen LogP contribution in [0.25, 0.3) is 0 Å². The standard InChI is InChI=1S/C9H15NO4S/c1-5-7-10(6-2)15(12,13)8(3)9(11)14-4/h1,8H,6-7H2,2-4H3. The zero-order chi connectivity index (χ0) is 12.1. The zero-order valence-electron chi connectivity index (χ0n) is 9.06. The summed E-state index contributed by atoms with van der Waals surface area (Å²) in [5, 5.41) is -1.23. The number of terminal acetylenes is 1. The van der Waals surface area contributed by atoms with Gasteiger partial charge in [0.2, 0.25) is 10.0 Å². The summed E-state index contributed by atoms with van der Waals surface area (Å²) in [5.74, 6) is 1.44. The van der Waals surface area contributed by atoms with Crippen molar-refractivity contribution >= 4 is 16.0 Å². The van der Waals surface area contributed by atoms with Gasteiger partial charge in [-0.05, 0) is 6.92 Å². The SMILES string of the molecule is C#CCN(CC)S(=O)(=O)C(C)C(=O)OC. The largest absolute Gasteiger partial charge is 0.468 e. The number of esters is 1. The maximum absolute atomic E-state index is 11.8. The number of hydrogen-bond acceptors (Lipinski definition) is 4. The molecular weight excluding hydrogens is 218 g/mol. The third-order valence-corrected chi connectivity index (χ3v) is 4.15. The van der Waals surface area contributed by atoms with Crippen LogP contribution in [0.3, 0.4) is 0 Å². The Bertz CT molecular complexity index is 355.